The second kappa shape index (κ2) is 6.09. The highest BCUT2D eigenvalue weighted by Gasteiger charge is 2.59. The molecular formula is C12H20BNO2. The van der Waals surface area contributed by atoms with E-state index in [2.05, 4.69) is 11.9 Å². The van der Waals surface area contributed by atoms with Gasteiger partial charge in [-0.2, -0.15) is 0 Å². The number of hydrogen-bond acceptors (Lipinski definition) is 3. The average Bonchev–Trinajstić information content (AvgIpc) is 3.03. The zero-order chi connectivity index (χ0) is 12.0. The molecule has 0 spiro atoms. The van der Waals surface area contributed by atoms with E-state index in [4.69, 9.17) is 12.6 Å². The molecular weight excluding hydrogens is 201 g/mol. The Morgan fingerprint density at radius 2 is 2.38 bits per heavy atom. The van der Waals surface area contributed by atoms with Crippen LogP contribution in [-0.2, 0) is 9.53 Å². The first-order valence-corrected chi connectivity index (χ1v) is 5.87. The molecule has 0 heterocycles. The maximum Gasteiger partial charge on any atom is 0.326 e. The molecule has 1 aliphatic rings. The van der Waals surface area contributed by atoms with E-state index in [1.807, 2.05) is 6.08 Å². The molecule has 16 heavy (non-hydrogen) atoms. The summed E-state index contributed by atoms with van der Waals surface area (Å²) in [6.07, 6.45) is 6.54. The van der Waals surface area contributed by atoms with Gasteiger partial charge in [0.15, 0.2) is 0 Å². The molecule has 88 valence electrons. The Balaban J connectivity index is 2.31. The predicted molar refractivity (Wildman–Crippen MR) is 65.5 cm³/mol. The molecule has 1 fully saturated rings. The maximum atomic E-state index is 11.6. The number of carbonyl (C=O) groups excluding carboxylic acids is 1. The van der Waals surface area contributed by atoms with Crippen LogP contribution in [0.2, 0.25) is 6.32 Å². The molecule has 2 atom stereocenters. The summed E-state index contributed by atoms with van der Waals surface area (Å²) < 4.78 is 4.82. The lowest BCUT2D eigenvalue weighted by atomic mass is 9.99. The Morgan fingerprint density at radius 3 is 2.88 bits per heavy atom. The van der Waals surface area contributed by atoms with Crippen LogP contribution in [0.3, 0.4) is 0 Å². The molecule has 1 saturated carbocycles. The van der Waals surface area contributed by atoms with Crippen LogP contribution in [0.5, 0.6) is 0 Å². The molecule has 0 saturated heterocycles. The van der Waals surface area contributed by atoms with Crippen LogP contribution >= 0.6 is 0 Å². The largest absolute Gasteiger partial charge is 0.468 e. The molecule has 0 aliphatic heterocycles. The minimum atomic E-state index is -0.487. The van der Waals surface area contributed by atoms with Crippen LogP contribution in [-0.4, -0.2) is 33.0 Å². The standard InChI is InChI=1S/C12H20BNO2/c1-3-10-9-12(10,11(15)16-2)14-8-6-4-5-7-13/h3,10,14H,1,4-9H2,2H3. The summed E-state index contributed by atoms with van der Waals surface area (Å²) in [7, 11) is 6.84. The summed E-state index contributed by atoms with van der Waals surface area (Å²) in [6, 6.07) is 0. The van der Waals surface area contributed by atoms with E-state index in [0.717, 1.165) is 38.5 Å². The SMILES string of the molecule is [B]CCCCCNC1(C(=O)OC)CC1C=C. The highest BCUT2D eigenvalue weighted by Crippen LogP contribution is 2.45. The molecule has 1 N–H and O–H groups in total. The van der Waals surface area contributed by atoms with Crippen LogP contribution in [0.15, 0.2) is 12.7 Å². The van der Waals surface area contributed by atoms with Gasteiger partial charge < -0.3 is 10.1 Å². The quantitative estimate of drug-likeness (QED) is 0.292. The predicted octanol–water partition coefficient (Wildman–Crippen LogP) is 1.45. The van der Waals surface area contributed by atoms with Crippen molar-refractivity contribution >= 4 is 13.8 Å². The third-order valence-electron chi connectivity index (χ3n) is 3.17. The molecule has 0 aromatic carbocycles. The summed E-state index contributed by atoms with van der Waals surface area (Å²) >= 11 is 0. The summed E-state index contributed by atoms with van der Waals surface area (Å²) in [5, 5.41) is 3.29. The Morgan fingerprint density at radius 1 is 1.62 bits per heavy atom. The normalized spacial score (nSPS) is 27.4. The fourth-order valence-corrected chi connectivity index (χ4v) is 2.02. The summed E-state index contributed by atoms with van der Waals surface area (Å²) in [4.78, 5) is 11.6. The molecule has 2 unspecified atom stereocenters. The van der Waals surface area contributed by atoms with Gasteiger partial charge in [-0.3, -0.25) is 4.79 Å². The van der Waals surface area contributed by atoms with E-state index in [1.165, 1.54) is 7.11 Å². The smallest absolute Gasteiger partial charge is 0.326 e. The summed E-state index contributed by atoms with van der Waals surface area (Å²) in [6.45, 7) is 4.56. The van der Waals surface area contributed by atoms with E-state index in [1.54, 1.807) is 0 Å². The minimum absolute atomic E-state index is 0.170. The maximum absolute atomic E-state index is 11.6. The van der Waals surface area contributed by atoms with Crippen molar-refractivity contribution in [3.8, 4) is 0 Å². The van der Waals surface area contributed by atoms with Gasteiger partial charge in [0.1, 0.15) is 5.54 Å². The number of ether oxygens (including phenoxy) is 1. The first-order valence-electron chi connectivity index (χ1n) is 5.87. The van der Waals surface area contributed by atoms with Crippen molar-refractivity contribution in [2.45, 2.75) is 37.5 Å². The highest BCUT2D eigenvalue weighted by molar-refractivity contribution is 6.08. The Labute approximate surface area is 99.0 Å². The fraction of sp³-hybridized carbons (Fsp3) is 0.750. The number of unbranched alkanes of at least 4 members (excludes halogenated alkanes) is 2. The van der Waals surface area contributed by atoms with Gasteiger partial charge >= 0.3 is 5.97 Å². The molecule has 2 radical (unpaired) electrons. The Kier molecular flexibility index (Phi) is 5.06. The van der Waals surface area contributed by atoms with E-state index in [9.17, 15) is 4.79 Å². The molecule has 0 aromatic heterocycles. The Bertz CT molecular complexity index is 257. The molecule has 1 aliphatic carbocycles. The van der Waals surface area contributed by atoms with Crippen LogP contribution in [0, 0.1) is 5.92 Å². The highest BCUT2D eigenvalue weighted by atomic mass is 16.5. The second-order valence-electron chi connectivity index (χ2n) is 4.29. The molecule has 4 heteroatoms. The van der Waals surface area contributed by atoms with Gasteiger partial charge in [-0.25, -0.2) is 0 Å². The van der Waals surface area contributed by atoms with Crippen molar-refractivity contribution in [1.82, 2.24) is 5.32 Å². The van der Waals surface area contributed by atoms with Crippen LogP contribution in [0.25, 0.3) is 0 Å². The van der Waals surface area contributed by atoms with E-state index in [-0.39, 0.29) is 11.9 Å². The van der Waals surface area contributed by atoms with Gasteiger partial charge in [0, 0.05) is 5.92 Å². The minimum Gasteiger partial charge on any atom is -0.468 e. The number of esters is 1. The van der Waals surface area contributed by atoms with Crippen LogP contribution in [0.4, 0.5) is 0 Å². The van der Waals surface area contributed by atoms with Crippen molar-refractivity contribution in [2.75, 3.05) is 13.7 Å². The first-order chi connectivity index (χ1) is 7.71. The zero-order valence-electron chi connectivity index (χ0n) is 10.00. The van der Waals surface area contributed by atoms with Gasteiger partial charge in [-0.15, -0.1) is 6.58 Å². The van der Waals surface area contributed by atoms with Crippen LogP contribution in [0.1, 0.15) is 25.7 Å². The van der Waals surface area contributed by atoms with Crippen molar-refractivity contribution in [3.05, 3.63) is 12.7 Å². The lowest BCUT2D eigenvalue weighted by molar-refractivity contribution is -0.144. The van der Waals surface area contributed by atoms with E-state index < -0.39 is 5.54 Å². The molecule has 1 rings (SSSR count). The molecule has 3 nitrogen and oxygen atoms in total. The monoisotopic (exact) mass is 221 g/mol. The number of methoxy groups -OCH3 is 1. The topological polar surface area (TPSA) is 38.3 Å². The zero-order valence-corrected chi connectivity index (χ0v) is 10.00. The van der Waals surface area contributed by atoms with Crippen molar-refractivity contribution in [2.24, 2.45) is 5.92 Å². The summed E-state index contributed by atoms with van der Waals surface area (Å²) in [5.41, 5.74) is -0.487. The molecule has 0 aromatic rings. The van der Waals surface area contributed by atoms with Crippen LogP contribution < -0.4 is 5.32 Å². The van der Waals surface area contributed by atoms with Crippen molar-refractivity contribution in [1.29, 1.82) is 0 Å². The number of nitrogens with one attached hydrogen (secondary N) is 1. The van der Waals surface area contributed by atoms with E-state index >= 15 is 0 Å². The number of rotatable bonds is 8. The van der Waals surface area contributed by atoms with Gasteiger partial charge in [-0.1, -0.05) is 25.2 Å². The lowest BCUT2D eigenvalue weighted by Crippen LogP contribution is -2.42. The second-order valence-corrected chi connectivity index (χ2v) is 4.29. The first kappa shape index (κ1) is 13.3. The summed E-state index contributed by atoms with van der Waals surface area (Å²) in [5.74, 6) is 0.0469. The third kappa shape index (κ3) is 2.88. The van der Waals surface area contributed by atoms with Gasteiger partial charge in [0.25, 0.3) is 0 Å². The lowest BCUT2D eigenvalue weighted by Gasteiger charge is -2.16. The molecule has 0 amide bonds. The fourth-order valence-electron chi connectivity index (χ4n) is 2.02. The van der Waals surface area contributed by atoms with Crippen molar-refractivity contribution in [3.63, 3.8) is 0 Å². The third-order valence-corrected chi connectivity index (χ3v) is 3.17. The van der Waals surface area contributed by atoms with Gasteiger partial charge in [0.05, 0.1) is 15.0 Å². The van der Waals surface area contributed by atoms with Gasteiger partial charge in [0.2, 0.25) is 0 Å². The van der Waals surface area contributed by atoms with Crippen molar-refractivity contribution < 1.29 is 9.53 Å². The molecule has 0 bridgehead atoms. The number of hydrogen-bond donors (Lipinski definition) is 1. The number of carbonyl (C=O) groups is 1. The van der Waals surface area contributed by atoms with Gasteiger partial charge in [-0.05, 0) is 19.4 Å². The Hall–Kier alpha value is -0.765. The average molecular weight is 221 g/mol. The van der Waals surface area contributed by atoms with E-state index in [0.29, 0.717) is 0 Å².